The van der Waals surface area contributed by atoms with Gasteiger partial charge in [-0.25, -0.2) is 13.8 Å². The molecule has 0 saturated carbocycles. The fraction of sp³-hybridized carbons (Fsp3) is 0.350. The average Bonchev–Trinajstić information content (AvgIpc) is 2.66. The zero-order valence-electron chi connectivity index (χ0n) is 15.7. The average molecular weight is 389 g/mol. The van der Waals surface area contributed by atoms with Crippen LogP contribution < -0.4 is 15.0 Å². The molecule has 1 aromatic carbocycles. The Balaban J connectivity index is 1.83. The Kier molecular flexibility index (Phi) is 5.58. The molecule has 1 N–H and O–H groups in total. The highest BCUT2D eigenvalue weighted by atomic mass is 19.1. The van der Waals surface area contributed by atoms with E-state index in [1.165, 1.54) is 11.8 Å². The van der Waals surface area contributed by atoms with E-state index in [9.17, 15) is 18.4 Å². The number of nitrogens with zero attached hydrogens (tertiary/aromatic N) is 2. The van der Waals surface area contributed by atoms with Crippen LogP contribution in [0.15, 0.2) is 36.5 Å². The standard InChI is InChI=1S/C20H21F2N3O3/c1-3-4-8-25-17-16(6-5-7-23-17)28-20(2,19(25)27)18(26)24-12-13-9-14(21)11-15(22)10-13/h5-7,9-11H,3-4,8,12H2,1-2H3,(H,24,26). The van der Waals surface area contributed by atoms with Crippen LogP contribution in [-0.4, -0.2) is 28.9 Å². The van der Waals surface area contributed by atoms with Crippen LogP contribution in [0.2, 0.25) is 0 Å². The molecular weight excluding hydrogens is 368 g/mol. The van der Waals surface area contributed by atoms with Gasteiger partial charge in [-0.1, -0.05) is 13.3 Å². The molecule has 1 unspecified atom stereocenters. The molecule has 0 bridgehead atoms. The molecule has 3 rings (SSSR count). The molecule has 8 heteroatoms. The molecule has 0 aliphatic carbocycles. The first-order chi connectivity index (χ1) is 13.3. The maximum Gasteiger partial charge on any atom is 0.282 e. The number of nitrogens with one attached hydrogen (secondary N) is 1. The minimum Gasteiger partial charge on any atom is -0.464 e. The fourth-order valence-electron chi connectivity index (χ4n) is 3.01. The van der Waals surface area contributed by atoms with Gasteiger partial charge in [-0.3, -0.25) is 14.5 Å². The van der Waals surface area contributed by atoms with E-state index in [4.69, 9.17) is 4.74 Å². The normalized spacial score (nSPS) is 18.4. The lowest BCUT2D eigenvalue weighted by Gasteiger charge is -2.38. The molecule has 0 fully saturated rings. The van der Waals surface area contributed by atoms with E-state index in [1.54, 1.807) is 18.3 Å². The molecule has 148 valence electrons. The van der Waals surface area contributed by atoms with Gasteiger partial charge in [0.2, 0.25) is 0 Å². The zero-order chi connectivity index (χ0) is 20.3. The molecular formula is C20H21F2N3O3. The van der Waals surface area contributed by atoms with Crippen molar-refractivity contribution in [1.82, 2.24) is 10.3 Å². The molecule has 6 nitrogen and oxygen atoms in total. The van der Waals surface area contributed by atoms with Gasteiger partial charge < -0.3 is 10.1 Å². The molecule has 2 amide bonds. The number of anilines is 1. The molecule has 28 heavy (non-hydrogen) atoms. The van der Waals surface area contributed by atoms with Crippen molar-refractivity contribution in [2.75, 3.05) is 11.4 Å². The zero-order valence-corrected chi connectivity index (χ0v) is 15.7. The number of fused-ring (bicyclic) bond motifs is 1. The maximum absolute atomic E-state index is 13.3. The van der Waals surface area contributed by atoms with E-state index in [0.29, 0.717) is 18.1 Å². The fourth-order valence-corrected chi connectivity index (χ4v) is 3.01. The predicted molar refractivity (Wildman–Crippen MR) is 98.7 cm³/mol. The van der Waals surface area contributed by atoms with Crippen LogP contribution in [0, 0.1) is 11.6 Å². The Bertz CT molecular complexity index is 886. The van der Waals surface area contributed by atoms with Gasteiger partial charge in [-0.15, -0.1) is 0 Å². The number of rotatable bonds is 6. The monoisotopic (exact) mass is 389 g/mol. The lowest BCUT2D eigenvalue weighted by Crippen LogP contribution is -2.62. The Morgan fingerprint density at radius 2 is 2.00 bits per heavy atom. The summed E-state index contributed by atoms with van der Waals surface area (Å²) in [6, 6.07) is 6.27. The van der Waals surface area contributed by atoms with E-state index in [2.05, 4.69) is 10.3 Å². The van der Waals surface area contributed by atoms with Crippen molar-refractivity contribution >= 4 is 17.6 Å². The highest BCUT2D eigenvalue weighted by Crippen LogP contribution is 2.36. The summed E-state index contributed by atoms with van der Waals surface area (Å²) in [4.78, 5) is 31.5. The second-order valence-corrected chi connectivity index (χ2v) is 6.73. The minimum atomic E-state index is -1.81. The number of amides is 2. The van der Waals surface area contributed by atoms with Gasteiger partial charge in [0.25, 0.3) is 17.4 Å². The number of aromatic nitrogens is 1. The highest BCUT2D eigenvalue weighted by Gasteiger charge is 2.50. The Morgan fingerprint density at radius 3 is 2.68 bits per heavy atom. The van der Waals surface area contributed by atoms with Crippen LogP contribution in [0.5, 0.6) is 5.75 Å². The van der Waals surface area contributed by atoms with Crippen molar-refractivity contribution in [3.8, 4) is 5.75 Å². The summed E-state index contributed by atoms with van der Waals surface area (Å²) in [5.41, 5.74) is -1.57. The van der Waals surface area contributed by atoms with Gasteiger partial charge in [0.1, 0.15) is 11.6 Å². The largest absolute Gasteiger partial charge is 0.464 e. The third kappa shape index (κ3) is 3.81. The van der Waals surface area contributed by atoms with Crippen LogP contribution in [0.4, 0.5) is 14.6 Å². The van der Waals surface area contributed by atoms with E-state index in [0.717, 1.165) is 31.0 Å². The number of hydrogen-bond donors (Lipinski definition) is 1. The van der Waals surface area contributed by atoms with Gasteiger partial charge in [0.15, 0.2) is 11.6 Å². The number of benzene rings is 1. The number of halogens is 2. The van der Waals surface area contributed by atoms with Gasteiger partial charge in [-0.2, -0.15) is 0 Å². The number of unbranched alkanes of at least 4 members (excludes halogenated alkanes) is 1. The summed E-state index contributed by atoms with van der Waals surface area (Å²) in [5.74, 6) is -2.02. The van der Waals surface area contributed by atoms with Crippen molar-refractivity contribution in [3.63, 3.8) is 0 Å². The molecule has 0 radical (unpaired) electrons. The number of pyridine rings is 1. The van der Waals surface area contributed by atoms with Crippen LogP contribution in [0.25, 0.3) is 0 Å². The van der Waals surface area contributed by atoms with Crippen LogP contribution in [0.1, 0.15) is 32.3 Å². The summed E-state index contributed by atoms with van der Waals surface area (Å²) in [6.45, 7) is 3.63. The number of ether oxygens (including phenoxy) is 1. The van der Waals surface area contributed by atoms with Crippen molar-refractivity contribution < 1.29 is 23.1 Å². The quantitative estimate of drug-likeness (QED) is 0.771. The predicted octanol–water partition coefficient (Wildman–Crippen LogP) is 2.96. The summed E-state index contributed by atoms with van der Waals surface area (Å²) < 4.78 is 32.4. The number of hydrogen-bond acceptors (Lipinski definition) is 4. The second-order valence-electron chi connectivity index (χ2n) is 6.73. The summed E-state index contributed by atoms with van der Waals surface area (Å²) in [6.07, 6.45) is 3.15. The molecule has 1 aromatic heterocycles. The first kappa shape index (κ1) is 19.7. The Labute approximate surface area is 161 Å². The van der Waals surface area contributed by atoms with Crippen LogP contribution >= 0.6 is 0 Å². The van der Waals surface area contributed by atoms with Crippen LogP contribution in [-0.2, 0) is 16.1 Å². The Hall–Kier alpha value is -3.03. The van der Waals surface area contributed by atoms with Gasteiger partial charge in [0, 0.05) is 25.4 Å². The Morgan fingerprint density at radius 1 is 1.29 bits per heavy atom. The minimum absolute atomic E-state index is 0.144. The molecule has 1 aliphatic rings. The van der Waals surface area contributed by atoms with E-state index >= 15 is 0 Å². The van der Waals surface area contributed by atoms with E-state index < -0.39 is 29.0 Å². The van der Waals surface area contributed by atoms with Crippen LogP contribution in [0.3, 0.4) is 0 Å². The molecule has 2 heterocycles. The topological polar surface area (TPSA) is 71.5 Å². The van der Waals surface area contributed by atoms with E-state index in [1.807, 2.05) is 6.92 Å². The summed E-state index contributed by atoms with van der Waals surface area (Å²) in [7, 11) is 0. The molecule has 1 aliphatic heterocycles. The number of carbonyl (C=O) groups is 2. The maximum atomic E-state index is 13.3. The smallest absolute Gasteiger partial charge is 0.282 e. The van der Waals surface area contributed by atoms with Gasteiger partial charge >= 0.3 is 0 Å². The molecule has 1 atom stereocenters. The first-order valence-corrected chi connectivity index (χ1v) is 9.04. The molecule has 0 saturated heterocycles. The summed E-state index contributed by atoms with van der Waals surface area (Å²) >= 11 is 0. The molecule has 2 aromatic rings. The first-order valence-electron chi connectivity index (χ1n) is 9.04. The van der Waals surface area contributed by atoms with Gasteiger partial charge in [0.05, 0.1) is 0 Å². The van der Waals surface area contributed by atoms with Crippen molar-refractivity contribution in [2.45, 2.75) is 38.8 Å². The third-order valence-electron chi connectivity index (χ3n) is 4.52. The second kappa shape index (κ2) is 7.92. The third-order valence-corrected chi connectivity index (χ3v) is 4.52. The molecule has 0 spiro atoms. The number of carbonyl (C=O) groups excluding carboxylic acids is 2. The van der Waals surface area contributed by atoms with E-state index in [-0.39, 0.29) is 12.1 Å². The lowest BCUT2D eigenvalue weighted by molar-refractivity contribution is -0.148. The highest BCUT2D eigenvalue weighted by molar-refractivity contribution is 6.16. The van der Waals surface area contributed by atoms with Gasteiger partial charge in [-0.05, 0) is 43.2 Å². The van der Waals surface area contributed by atoms with Crippen molar-refractivity contribution in [1.29, 1.82) is 0 Å². The SMILES string of the molecule is CCCCN1C(=O)C(C)(C(=O)NCc2cc(F)cc(F)c2)Oc2cccnc21. The van der Waals surface area contributed by atoms with Crippen molar-refractivity contribution in [2.24, 2.45) is 0 Å². The summed E-state index contributed by atoms with van der Waals surface area (Å²) in [5, 5.41) is 2.54. The lowest BCUT2D eigenvalue weighted by atomic mass is 10.0. The van der Waals surface area contributed by atoms with Crippen molar-refractivity contribution in [3.05, 3.63) is 53.7 Å².